The van der Waals surface area contributed by atoms with Crippen molar-refractivity contribution in [2.45, 2.75) is 0 Å². The maximum absolute atomic E-state index is 12.9. The average molecular weight is 291 g/mol. The summed E-state index contributed by atoms with van der Waals surface area (Å²) in [6.45, 7) is 0. The van der Waals surface area contributed by atoms with Gasteiger partial charge in [0.15, 0.2) is 0 Å². The van der Waals surface area contributed by atoms with E-state index >= 15 is 0 Å². The fourth-order valence-corrected chi connectivity index (χ4v) is 2.25. The van der Waals surface area contributed by atoms with E-state index in [1.807, 2.05) is 0 Å². The third kappa shape index (κ3) is 2.74. The molecule has 1 amide bonds. The fraction of sp³-hybridized carbons (Fsp3) is 0. The number of hydrogen-bond donors (Lipinski definition) is 1. The molecule has 0 fully saturated rings. The highest BCUT2D eigenvalue weighted by Gasteiger charge is 2.14. The molecule has 88 valence electrons. The second-order valence-corrected chi connectivity index (χ2v) is 4.61. The van der Waals surface area contributed by atoms with Gasteiger partial charge in [-0.3, -0.25) is 4.79 Å². The van der Waals surface area contributed by atoms with Crippen LogP contribution in [0.1, 0.15) is 10.5 Å². The molecule has 0 aliphatic rings. The Bertz CT molecular complexity index is 536. The van der Waals surface area contributed by atoms with Crippen LogP contribution in [0.5, 0.6) is 0 Å². The maximum Gasteiger partial charge on any atom is 0.275 e. The van der Waals surface area contributed by atoms with Crippen LogP contribution in [0.2, 0.25) is 10.0 Å². The number of carbonyl (C=O) groups excluding carboxylic acids is 1. The lowest BCUT2D eigenvalue weighted by atomic mass is 10.3. The normalized spacial score (nSPS) is 10.3. The Morgan fingerprint density at radius 1 is 1.35 bits per heavy atom. The molecule has 1 aromatic heterocycles. The summed E-state index contributed by atoms with van der Waals surface area (Å²) in [4.78, 5) is 15.5. The summed E-state index contributed by atoms with van der Waals surface area (Å²) in [7, 11) is 0. The predicted octanol–water partition coefficient (Wildman–Crippen LogP) is 3.84. The Hall–Kier alpha value is -1.17. The number of halogens is 3. The predicted molar refractivity (Wildman–Crippen MR) is 66.5 cm³/mol. The maximum atomic E-state index is 12.9. The minimum Gasteiger partial charge on any atom is -0.318 e. The van der Waals surface area contributed by atoms with E-state index in [-0.39, 0.29) is 21.4 Å². The van der Waals surface area contributed by atoms with Crippen molar-refractivity contribution < 1.29 is 9.18 Å². The van der Waals surface area contributed by atoms with Crippen LogP contribution in [0, 0.1) is 5.82 Å². The van der Waals surface area contributed by atoms with Crippen LogP contribution >= 0.6 is 34.5 Å². The van der Waals surface area contributed by atoms with Crippen molar-refractivity contribution >= 4 is 46.1 Å². The number of amides is 1. The molecule has 0 aliphatic carbocycles. The highest BCUT2D eigenvalue weighted by atomic mass is 35.5. The summed E-state index contributed by atoms with van der Waals surface area (Å²) in [5.41, 5.74) is 1.96. The van der Waals surface area contributed by atoms with Gasteiger partial charge in [-0.25, -0.2) is 9.37 Å². The average Bonchev–Trinajstić information content (AvgIpc) is 2.76. The highest BCUT2D eigenvalue weighted by molar-refractivity contribution is 7.07. The molecule has 1 heterocycles. The van der Waals surface area contributed by atoms with Gasteiger partial charge in [0.05, 0.1) is 21.2 Å². The van der Waals surface area contributed by atoms with Gasteiger partial charge >= 0.3 is 0 Å². The molecule has 17 heavy (non-hydrogen) atoms. The molecule has 0 aliphatic heterocycles. The molecule has 7 heteroatoms. The SMILES string of the molecule is O=C(Nc1c(Cl)cc(F)cc1Cl)c1cscn1. The molecule has 0 saturated carbocycles. The Morgan fingerprint density at radius 3 is 2.53 bits per heavy atom. The van der Waals surface area contributed by atoms with Crippen LogP contribution in [0.4, 0.5) is 10.1 Å². The number of aromatic nitrogens is 1. The first-order chi connectivity index (χ1) is 8.08. The number of hydrogen-bond acceptors (Lipinski definition) is 3. The molecular weight excluding hydrogens is 286 g/mol. The monoisotopic (exact) mass is 290 g/mol. The van der Waals surface area contributed by atoms with Gasteiger partial charge < -0.3 is 5.32 Å². The molecule has 2 aromatic rings. The standard InChI is InChI=1S/C10H5Cl2FN2OS/c11-6-1-5(13)2-7(12)9(6)15-10(16)8-3-17-4-14-8/h1-4H,(H,15,16). The number of rotatable bonds is 2. The molecule has 0 bridgehead atoms. The van der Waals surface area contributed by atoms with Crippen molar-refractivity contribution in [2.24, 2.45) is 0 Å². The Kier molecular flexibility index (Phi) is 3.61. The van der Waals surface area contributed by atoms with E-state index in [0.717, 1.165) is 12.1 Å². The minimum absolute atomic E-state index is 0.0404. The zero-order chi connectivity index (χ0) is 12.4. The topological polar surface area (TPSA) is 42.0 Å². The van der Waals surface area contributed by atoms with Crippen LogP contribution in [0.25, 0.3) is 0 Å². The van der Waals surface area contributed by atoms with Gasteiger partial charge in [-0.05, 0) is 12.1 Å². The molecular formula is C10H5Cl2FN2OS. The molecule has 0 atom stereocenters. The number of benzene rings is 1. The largest absolute Gasteiger partial charge is 0.318 e. The van der Waals surface area contributed by atoms with E-state index in [1.54, 1.807) is 5.38 Å². The molecule has 0 saturated heterocycles. The molecule has 0 unspecified atom stereocenters. The van der Waals surface area contributed by atoms with Crippen molar-refractivity contribution in [3.63, 3.8) is 0 Å². The van der Waals surface area contributed by atoms with Gasteiger partial charge in [0.25, 0.3) is 5.91 Å². The molecule has 3 nitrogen and oxygen atoms in total. The van der Waals surface area contributed by atoms with Crippen molar-refractivity contribution in [2.75, 3.05) is 5.32 Å². The summed E-state index contributed by atoms with van der Waals surface area (Å²) in [5, 5.41) is 4.15. The van der Waals surface area contributed by atoms with Crippen molar-refractivity contribution in [1.82, 2.24) is 4.98 Å². The lowest BCUT2D eigenvalue weighted by molar-refractivity contribution is 0.102. The molecule has 2 rings (SSSR count). The van der Waals surface area contributed by atoms with Crippen LogP contribution in [0.3, 0.4) is 0 Å². The van der Waals surface area contributed by atoms with Gasteiger partial charge in [0.2, 0.25) is 0 Å². The minimum atomic E-state index is -0.563. The molecule has 1 aromatic carbocycles. The Labute approximate surface area is 110 Å². The third-order valence-corrected chi connectivity index (χ3v) is 3.09. The number of carbonyl (C=O) groups is 1. The summed E-state index contributed by atoms with van der Waals surface area (Å²) in [6, 6.07) is 2.15. The molecule has 1 N–H and O–H groups in total. The number of anilines is 1. The smallest absolute Gasteiger partial charge is 0.275 e. The lowest BCUT2D eigenvalue weighted by Gasteiger charge is -2.08. The van der Waals surface area contributed by atoms with E-state index < -0.39 is 11.7 Å². The van der Waals surface area contributed by atoms with E-state index in [2.05, 4.69) is 10.3 Å². The van der Waals surface area contributed by atoms with Gasteiger partial charge in [-0.15, -0.1) is 11.3 Å². The van der Waals surface area contributed by atoms with E-state index in [1.165, 1.54) is 16.8 Å². The Morgan fingerprint density at radius 2 is 2.00 bits per heavy atom. The first-order valence-electron chi connectivity index (χ1n) is 4.42. The van der Waals surface area contributed by atoms with Crippen molar-refractivity contribution in [1.29, 1.82) is 0 Å². The first kappa shape index (κ1) is 12.3. The van der Waals surface area contributed by atoms with Gasteiger partial charge in [-0.2, -0.15) is 0 Å². The zero-order valence-electron chi connectivity index (χ0n) is 8.21. The quantitative estimate of drug-likeness (QED) is 0.913. The fourth-order valence-electron chi connectivity index (χ4n) is 1.16. The molecule has 0 spiro atoms. The van der Waals surface area contributed by atoms with Crippen LogP contribution in [-0.2, 0) is 0 Å². The van der Waals surface area contributed by atoms with Crippen LogP contribution in [-0.4, -0.2) is 10.9 Å². The second kappa shape index (κ2) is 5.00. The van der Waals surface area contributed by atoms with Crippen LogP contribution in [0.15, 0.2) is 23.0 Å². The van der Waals surface area contributed by atoms with Gasteiger partial charge in [-0.1, -0.05) is 23.2 Å². The third-order valence-electron chi connectivity index (χ3n) is 1.91. The second-order valence-electron chi connectivity index (χ2n) is 3.07. The highest BCUT2D eigenvalue weighted by Crippen LogP contribution is 2.31. The van der Waals surface area contributed by atoms with Crippen molar-refractivity contribution in [3.8, 4) is 0 Å². The summed E-state index contributed by atoms with van der Waals surface area (Å²) in [5.74, 6) is -1.01. The summed E-state index contributed by atoms with van der Waals surface area (Å²) in [6.07, 6.45) is 0. The van der Waals surface area contributed by atoms with Gasteiger partial charge in [0, 0.05) is 5.38 Å². The number of nitrogens with one attached hydrogen (secondary N) is 1. The van der Waals surface area contributed by atoms with E-state index in [4.69, 9.17) is 23.2 Å². The first-order valence-corrected chi connectivity index (χ1v) is 6.12. The zero-order valence-corrected chi connectivity index (χ0v) is 10.5. The Balaban J connectivity index is 2.28. The van der Waals surface area contributed by atoms with Gasteiger partial charge in [0.1, 0.15) is 11.5 Å². The summed E-state index contributed by atoms with van der Waals surface area (Å²) < 4.78 is 12.9. The summed E-state index contributed by atoms with van der Waals surface area (Å²) >= 11 is 12.9. The van der Waals surface area contributed by atoms with Crippen LogP contribution < -0.4 is 5.32 Å². The van der Waals surface area contributed by atoms with E-state index in [9.17, 15) is 9.18 Å². The number of thiazole rings is 1. The van der Waals surface area contributed by atoms with E-state index in [0.29, 0.717) is 0 Å². The lowest BCUT2D eigenvalue weighted by Crippen LogP contribution is -2.13. The molecule has 0 radical (unpaired) electrons. The number of nitrogens with zero attached hydrogens (tertiary/aromatic N) is 1. The van der Waals surface area contributed by atoms with Crippen molar-refractivity contribution in [3.05, 3.63) is 44.6 Å².